The van der Waals surface area contributed by atoms with E-state index in [1.54, 1.807) is 0 Å². The largest absolute Gasteiger partial charge is 0.378 e. The van der Waals surface area contributed by atoms with Crippen LogP contribution in [0.5, 0.6) is 0 Å². The molecule has 1 aliphatic rings. The van der Waals surface area contributed by atoms with Gasteiger partial charge < -0.3 is 10.1 Å². The minimum Gasteiger partial charge on any atom is -0.378 e. The number of hydrogen-bond acceptors (Lipinski definition) is 2. The normalized spacial score (nSPS) is 22.2. The summed E-state index contributed by atoms with van der Waals surface area (Å²) in [4.78, 5) is 0. The molecule has 1 N–H and O–H groups in total. The summed E-state index contributed by atoms with van der Waals surface area (Å²) in [6.07, 6.45) is 10.7. The van der Waals surface area contributed by atoms with Crippen molar-refractivity contribution in [3.8, 4) is 12.3 Å². The fourth-order valence-corrected chi connectivity index (χ4v) is 1.65. The molecule has 1 fully saturated rings. The van der Waals surface area contributed by atoms with E-state index in [9.17, 15) is 0 Å². The molecule has 1 heterocycles. The highest BCUT2D eigenvalue weighted by atomic mass is 16.5. The van der Waals surface area contributed by atoms with Crippen LogP contribution in [0.2, 0.25) is 0 Å². The third-order valence-electron chi connectivity index (χ3n) is 2.65. The molecule has 80 valence electrons. The average molecular weight is 195 g/mol. The van der Waals surface area contributed by atoms with Gasteiger partial charge in [-0.25, -0.2) is 0 Å². The van der Waals surface area contributed by atoms with Gasteiger partial charge in [0, 0.05) is 6.61 Å². The van der Waals surface area contributed by atoms with E-state index in [4.69, 9.17) is 11.2 Å². The Morgan fingerprint density at radius 1 is 1.57 bits per heavy atom. The third-order valence-corrected chi connectivity index (χ3v) is 2.65. The highest BCUT2D eigenvalue weighted by Gasteiger charge is 2.16. The van der Waals surface area contributed by atoms with Crippen molar-refractivity contribution in [1.82, 2.24) is 5.32 Å². The lowest BCUT2D eigenvalue weighted by atomic mass is 10.1. The monoisotopic (exact) mass is 195 g/mol. The highest BCUT2D eigenvalue weighted by Crippen LogP contribution is 2.16. The van der Waals surface area contributed by atoms with E-state index < -0.39 is 0 Å². The van der Waals surface area contributed by atoms with Crippen LogP contribution in [0.25, 0.3) is 0 Å². The molecular formula is C12H21NO. The Balaban J connectivity index is 2.02. The first-order chi connectivity index (χ1) is 6.64. The Labute approximate surface area is 87.4 Å². The highest BCUT2D eigenvalue weighted by molar-refractivity contribution is 5.07. The van der Waals surface area contributed by atoms with Gasteiger partial charge in [0.25, 0.3) is 0 Å². The molecule has 2 heteroatoms. The summed E-state index contributed by atoms with van der Waals surface area (Å²) >= 11 is 0. The summed E-state index contributed by atoms with van der Waals surface area (Å²) in [5.41, 5.74) is -0.170. The molecule has 0 aromatic heterocycles. The first-order valence-corrected chi connectivity index (χ1v) is 5.48. The smallest absolute Gasteiger partial charge is 0.0741 e. The Morgan fingerprint density at radius 3 is 2.93 bits per heavy atom. The molecule has 14 heavy (non-hydrogen) atoms. The maximum Gasteiger partial charge on any atom is 0.0741 e. The first-order valence-electron chi connectivity index (χ1n) is 5.48. The van der Waals surface area contributed by atoms with Gasteiger partial charge in [0.05, 0.1) is 11.6 Å². The summed E-state index contributed by atoms with van der Waals surface area (Å²) in [6.45, 7) is 5.99. The van der Waals surface area contributed by atoms with E-state index in [-0.39, 0.29) is 5.54 Å². The van der Waals surface area contributed by atoms with E-state index >= 15 is 0 Å². The van der Waals surface area contributed by atoms with Crippen LogP contribution >= 0.6 is 0 Å². The van der Waals surface area contributed by atoms with E-state index in [1.165, 1.54) is 12.8 Å². The van der Waals surface area contributed by atoms with Crippen LogP contribution in [0.15, 0.2) is 0 Å². The zero-order valence-electron chi connectivity index (χ0n) is 9.31. The fourth-order valence-electron chi connectivity index (χ4n) is 1.65. The van der Waals surface area contributed by atoms with Crippen molar-refractivity contribution in [2.75, 3.05) is 13.2 Å². The van der Waals surface area contributed by atoms with Gasteiger partial charge >= 0.3 is 0 Å². The lowest BCUT2D eigenvalue weighted by molar-refractivity contribution is 0.102. The molecule has 1 atom stereocenters. The molecule has 0 amide bonds. The fraction of sp³-hybridized carbons (Fsp3) is 0.833. The summed E-state index contributed by atoms with van der Waals surface area (Å²) in [5.74, 6) is 2.73. The Morgan fingerprint density at radius 2 is 2.36 bits per heavy atom. The van der Waals surface area contributed by atoms with Crippen LogP contribution in [0.4, 0.5) is 0 Å². The Hall–Kier alpha value is -0.520. The van der Waals surface area contributed by atoms with Crippen LogP contribution < -0.4 is 5.32 Å². The molecule has 2 nitrogen and oxygen atoms in total. The predicted octanol–water partition coefficient (Wildman–Crippen LogP) is 1.95. The van der Waals surface area contributed by atoms with Crippen LogP contribution in [0.3, 0.4) is 0 Å². The second-order valence-electron chi connectivity index (χ2n) is 4.47. The standard InChI is InChI=1S/C12H21NO/c1-4-12(2,3)13-9-5-7-11-8-6-10-14-11/h1,11,13H,5-10H2,2-3H3. The molecule has 1 rings (SSSR count). The maximum atomic E-state index is 5.54. The summed E-state index contributed by atoms with van der Waals surface area (Å²) in [5, 5.41) is 3.34. The van der Waals surface area contributed by atoms with E-state index in [0.717, 1.165) is 26.0 Å². The van der Waals surface area contributed by atoms with Crippen molar-refractivity contribution in [3.63, 3.8) is 0 Å². The molecule has 1 aliphatic heterocycles. The van der Waals surface area contributed by atoms with Crippen LogP contribution in [0, 0.1) is 12.3 Å². The molecule has 0 spiro atoms. The molecule has 0 bridgehead atoms. The van der Waals surface area contributed by atoms with Crippen LogP contribution in [-0.2, 0) is 4.74 Å². The topological polar surface area (TPSA) is 21.3 Å². The Bertz CT molecular complexity index is 199. The molecule has 1 saturated heterocycles. The molecule has 0 aromatic rings. The number of rotatable bonds is 5. The number of nitrogens with one attached hydrogen (secondary N) is 1. The molecule has 0 aromatic carbocycles. The lowest BCUT2D eigenvalue weighted by Crippen LogP contribution is -2.38. The van der Waals surface area contributed by atoms with Crippen molar-refractivity contribution >= 4 is 0 Å². The van der Waals surface area contributed by atoms with Crippen molar-refractivity contribution in [1.29, 1.82) is 0 Å². The number of terminal acetylenes is 1. The zero-order chi connectivity index (χ0) is 10.4. The third kappa shape index (κ3) is 4.13. The molecule has 0 radical (unpaired) electrons. The van der Waals surface area contributed by atoms with Gasteiger partial charge in [0.15, 0.2) is 0 Å². The first kappa shape index (κ1) is 11.6. The van der Waals surface area contributed by atoms with Crippen molar-refractivity contribution in [2.24, 2.45) is 0 Å². The van der Waals surface area contributed by atoms with Crippen molar-refractivity contribution in [2.45, 2.75) is 51.2 Å². The van der Waals surface area contributed by atoms with Gasteiger partial charge in [-0.05, 0) is 46.1 Å². The SMILES string of the molecule is C#CC(C)(C)NCCCC1CCCO1. The summed E-state index contributed by atoms with van der Waals surface area (Å²) in [7, 11) is 0. The van der Waals surface area contributed by atoms with Gasteiger partial charge in [-0.1, -0.05) is 5.92 Å². The quantitative estimate of drug-likeness (QED) is 0.535. The summed E-state index contributed by atoms with van der Waals surface area (Å²) < 4.78 is 5.54. The van der Waals surface area contributed by atoms with Gasteiger partial charge in [-0.3, -0.25) is 0 Å². The zero-order valence-corrected chi connectivity index (χ0v) is 9.31. The Kier molecular flexibility index (Phi) is 4.44. The average Bonchev–Trinajstić information content (AvgIpc) is 2.65. The molecule has 0 aliphatic carbocycles. The van der Waals surface area contributed by atoms with Crippen molar-refractivity contribution in [3.05, 3.63) is 0 Å². The molecular weight excluding hydrogens is 174 g/mol. The second-order valence-corrected chi connectivity index (χ2v) is 4.47. The van der Waals surface area contributed by atoms with Gasteiger partial charge in [-0.2, -0.15) is 0 Å². The molecule has 0 saturated carbocycles. The van der Waals surface area contributed by atoms with Crippen LogP contribution in [-0.4, -0.2) is 24.8 Å². The predicted molar refractivity (Wildman–Crippen MR) is 59.1 cm³/mol. The lowest BCUT2D eigenvalue weighted by Gasteiger charge is -2.19. The summed E-state index contributed by atoms with van der Waals surface area (Å²) in [6, 6.07) is 0. The minimum atomic E-state index is -0.170. The number of hydrogen-bond donors (Lipinski definition) is 1. The second kappa shape index (κ2) is 5.38. The van der Waals surface area contributed by atoms with Gasteiger partial charge in [0.1, 0.15) is 0 Å². The van der Waals surface area contributed by atoms with Gasteiger partial charge in [0.2, 0.25) is 0 Å². The number of ether oxygens (including phenoxy) is 1. The maximum absolute atomic E-state index is 5.54. The van der Waals surface area contributed by atoms with Crippen LogP contribution in [0.1, 0.15) is 39.5 Å². The van der Waals surface area contributed by atoms with E-state index in [2.05, 4.69) is 11.2 Å². The van der Waals surface area contributed by atoms with E-state index in [1.807, 2.05) is 13.8 Å². The van der Waals surface area contributed by atoms with E-state index in [0.29, 0.717) is 6.10 Å². The van der Waals surface area contributed by atoms with Gasteiger partial charge in [-0.15, -0.1) is 6.42 Å². The van der Waals surface area contributed by atoms with Crippen molar-refractivity contribution < 1.29 is 4.74 Å². The molecule has 1 unspecified atom stereocenters. The minimum absolute atomic E-state index is 0.170.